The van der Waals surface area contributed by atoms with Crippen molar-refractivity contribution < 1.29 is 9.53 Å². The van der Waals surface area contributed by atoms with Gasteiger partial charge < -0.3 is 15.4 Å². The molecule has 2 N–H and O–H groups in total. The highest BCUT2D eigenvalue weighted by molar-refractivity contribution is 5.67. The zero-order valence-electron chi connectivity index (χ0n) is 13.6. The summed E-state index contributed by atoms with van der Waals surface area (Å²) < 4.78 is 5.19. The molecule has 2 atom stereocenters. The lowest BCUT2D eigenvalue weighted by atomic mass is 9.84. The highest BCUT2D eigenvalue weighted by atomic mass is 16.6. The Bertz CT molecular complexity index is 287. The monoisotopic (exact) mass is 284 g/mol. The fraction of sp³-hybridized carbons (Fsp3) is 0.938. The molecule has 2 unspecified atom stereocenters. The van der Waals surface area contributed by atoms with E-state index in [1.54, 1.807) is 0 Å². The van der Waals surface area contributed by atoms with Gasteiger partial charge in [0.2, 0.25) is 0 Å². The third kappa shape index (κ3) is 7.73. The van der Waals surface area contributed by atoms with Gasteiger partial charge in [0.15, 0.2) is 0 Å². The summed E-state index contributed by atoms with van der Waals surface area (Å²) in [5.41, 5.74) is -0.417. The average molecular weight is 284 g/mol. The molecule has 1 aliphatic rings. The largest absolute Gasteiger partial charge is 0.444 e. The summed E-state index contributed by atoms with van der Waals surface area (Å²) in [6.45, 7) is 9.56. The molecule has 4 nitrogen and oxygen atoms in total. The number of carbonyl (C=O) groups excluding carboxylic acids is 1. The van der Waals surface area contributed by atoms with Gasteiger partial charge in [0.25, 0.3) is 0 Å². The Morgan fingerprint density at radius 2 is 2.00 bits per heavy atom. The molecular weight excluding hydrogens is 252 g/mol. The molecule has 1 fully saturated rings. The van der Waals surface area contributed by atoms with E-state index in [1.807, 2.05) is 20.8 Å². The van der Waals surface area contributed by atoms with Crippen LogP contribution in [-0.4, -0.2) is 30.8 Å². The second-order valence-electron chi connectivity index (χ2n) is 6.87. The van der Waals surface area contributed by atoms with E-state index >= 15 is 0 Å². The van der Waals surface area contributed by atoms with E-state index in [-0.39, 0.29) is 6.09 Å². The van der Waals surface area contributed by atoms with Crippen LogP contribution in [0.25, 0.3) is 0 Å². The second-order valence-corrected chi connectivity index (χ2v) is 6.87. The summed E-state index contributed by atoms with van der Waals surface area (Å²) in [5.74, 6) is 0.904. The Kier molecular flexibility index (Phi) is 7.35. The molecule has 0 saturated heterocycles. The molecule has 1 rings (SSSR count). The Balaban J connectivity index is 2.03. The molecule has 1 aliphatic carbocycles. The van der Waals surface area contributed by atoms with Crippen molar-refractivity contribution in [1.29, 1.82) is 0 Å². The first kappa shape index (κ1) is 17.3. The van der Waals surface area contributed by atoms with Crippen molar-refractivity contribution >= 4 is 6.09 Å². The zero-order chi connectivity index (χ0) is 15.0. The number of hydrogen-bond acceptors (Lipinski definition) is 3. The van der Waals surface area contributed by atoms with Gasteiger partial charge in [-0.1, -0.05) is 26.2 Å². The van der Waals surface area contributed by atoms with Crippen LogP contribution in [-0.2, 0) is 4.74 Å². The third-order valence-electron chi connectivity index (χ3n) is 3.81. The molecule has 0 aromatic heterocycles. The molecule has 0 heterocycles. The van der Waals surface area contributed by atoms with Crippen LogP contribution in [0.3, 0.4) is 0 Å². The lowest BCUT2D eigenvalue weighted by Crippen LogP contribution is -2.37. The van der Waals surface area contributed by atoms with E-state index in [9.17, 15) is 4.79 Å². The van der Waals surface area contributed by atoms with Gasteiger partial charge >= 0.3 is 6.09 Å². The molecule has 20 heavy (non-hydrogen) atoms. The molecule has 0 aromatic rings. The molecule has 0 aliphatic heterocycles. The minimum Gasteiger partial charge on any atom is -0.444 e. The average Bonchev–Trinajstić information content (AvgIpc) is 2.36. The van der Waals surface area contributed by atoms with Gasteiger partial charge in [-0.15, -0.1) is 0 Å². The third-order valence-corrected chi connectivity index (χ3v) is 3.81. The molecule has 118 valence electrons. The number of alkyl carbamates (subject to hydrolysis) is 1. The van der Waals surface area contributed by atoms with E-state index in [0.29, 0.717) is 12.6 Å². The van der Waals surface area contributed by atoms with Crippen LogP contribution in [0.4, 0.5) is 4.79 Å². The van der Waals surface area contributed by atoms with Crippen molar-refractivity contribution in [3.05, 3.63) is 0 Å². The number of ether oxygens (including phenoxy) is 1. The minimum absolute atomic E-state index is 0.318. The lowest BCUT2D eigenvalue weighted by Gasteiger charge is -2.29. The molecule has 0 spiro atoms. The van der Waals surface area contributed by atoms with E-state index in [4.69, 9.17) is 4.74 Å². The first-order valence-corrected chi connectivity index (χ1v) is 8.11. The van der Waals surface area contributed by atoms with Crippen molar-refractivity contribution in [1.82, 2.24) is 10.6 Å². The zero-order valence-corrected chi connectivity index (χ0v) is 13.6. The maximum Gasteiger partial charge on any atom is 0.407 e. The highest BCUT2D eigenvalue weighted by Gasteiger charge is 2.20. The molecule has 0 aromatic carbocycles. The number of carbonyl (C=O) groups is 1. The Morgan fingerprint density at radius 1 is 1.25 bits per heavy atom. The normalized spacial score (nSPS) is 23.4. The molecule has 0 bridgehead atoms. The molecule has 0 radical (unpaired) electrons. The van der Waals surface area contributed by atoms with Gasteiger partial charge in [0.1, 0.15) is 5.60 Å². The van der Waals surface area contributed by atoms with Crippen LogP contribution >= 0.6 is 0 Å². The van der Waals surface area contributed by atoms with Crippen LogP contribution in [0, 0.1) is 5.92 Å². The first-order chi connectivity index (χ1) is 9.40. The highest BCUT2D eigenvalue weighted by Crippen LogP contribution is 2.26. The van der Waals surface area contributed by atoms with Crippen LogP contribution in [0.5, 0.6) is 0 Å². The van der Waals surface area contributed by atoms with Crippen molar-refractivity contribution in [2.75, 3.05) is 13.1 Å². The van der Waals surface area contributed by atoms with E-state index < -0.39 is 5.60 Å². The first-order valence-electron chi connectivity index (χ1n) is 8.11. The number of hydrogen-bond donors (Lipinski definition) is 2. The SMILES string of the molecule is CCC1CCCC(NCCCNC(=O)OC(C)(C)C)C1. The standard InChI is InChI=1S/C16H32N2O2/c1-5-13-8-6-9-14(12-13)17-10-7-11-18-15(19)20-16(2,3)4/h13-14,17H,5-12H2,1-4H3,(H,18,19). The van der Waals surface area contributed by atoms with Gasteiger partial charge in [0.05, 0.1) is 0 Å². The van der Waals surface area contributed by atoms with Crippen molar-refractivity contribution in [2.24, 2.45) is 5.92 Å². The van der Waals surface area contributed by atoms with Gasteiger partial charge in [-0.2, -0.15) is 0 Å². The summed E-state index contributed by atoms with van der Waals surface area (Å²) in [7, 11) is 0. The maximum absolute atomic E-state index is 11.5. The van der Waals surface area contributed by atoms with Crippen LogP contribution < -0.4 is 10.6 Å². The maximum atomic E-state index is 11.5. The topological polar surface area (TPSA) is 50.4 Å². The van der Waals surface area contributed by atoms with E-state index in [1.165, 1.54) is 32.1 Å². The fourth-order valence-corrected chi connectivity index (χ4v) is 2.75. The lowest BCUT2D eigenvalue weighted by molar-refractivity contribution is 0.0527. The summed E-state index contributed by atoms with van der Waals surface area (Å²) in [4.78, 5) is 11.5. The molecule has 4 heteroatoms. The predicted molar refractivity (Wildman–Crippen MR) is 82.9 cm³/mol. The van der Waals surface area contributed by atoms with Crippen molar-refractivity contribution in [3.8, 4) is 0 Å². The van der Waals surface area contributed by atoms with Crippen molar-refractivity contribution in [3.63, 3.8) is 0 Å². The fourth-order valence-electron chi connectivity index (χ4n) is 2.75. The Morgan fingerprint density at radius 3 is 2.65 bits per heavy atom. The number of rotatable bonds is 6. The van der Waals surface area contributed by atoms with Gasteiger partial charge in [-0.25, -0.2) is 4.79 Å². The summed E-state index contributed by atoms with van der Waals surface area (Å²) in [6, 6.07) is 0.676. The van der Waals surface area contributed by atoms with Crippen molar-refractivity contribution in [2.45, 2.75) is 77.9 Å². The minimum atomic E-state index is -0.417. The second kappa shape index (κ2) is 8.50. The summed E-state index contributed by atoms with van der Waals surface area (Å²) in [5, 5.41) is 6.41. The number of amides is 1. The molecular formula is C16H32N2O2. The Labute approximate surface area is 124 Å². The van der Waals surface area contributed by atoms with Crippen LogP contribution in [0.15, 0.2) is 0 Å². The van der Waals surface area contributed by atoms with Gasteiger partial charge in [0, 0.05) is 12.6 Å². The molecule has 1 amide bonds. The summed E-state index contributed by atoms with van der Waals surface area (Å²) in [6.07, 6.45) is 7.30. The smallest absolute Gasteiger partial charge is 0.407 e. The van der Waals surface area contributed by atoms with Crippen LogP contribution in [0.2, 0.25) is 0 Å². The Hall–Kier alpha value is -0.770. The quantitative estimate of drug-likeness (QED) is 0.734. The van der Waals surface area contributed by atoms with Crippen LogP contribution in [0.1, 0.15) is 66.2 Å². The van der Waals surface area contributed by atoms with E-state index in [0.717, 1.165) is 18.9 Å². The molecule has 1 saturated carbocycles. The predicted octanol–water partition coefficient (Wildman–Crippen LogP) is 3.46. The van der Waals surface area contributed by atoms with E-state index in [2.05, 4.69) is 17.6 Å². The van der Waals surface area contributed by atoms with Gasteiger partial charge in [-0.05, 0) is 52.5 Å². The summed E-state index contributed by atoms with van der Waals surface area (Å²) >= 11 is 0. The van der Waals surface area contributed by atoms with Gasteiger partial charge in [-0.3, -0.25) is 0 Å². The number of nitrogens with one attached hydrogen (secondary N) is 2.